The van der Waals surface area contributed by atoms with Crippen LogP contribution in [0.4, 0.5) is 13.2 Å². The molecule has 2 atom stereocenters. The van der Waals surface area contributed by atoms with Gasteiger partial charge in [0.05, 0.1) is 6.42 Å². The number of aliphatic carboxylic acids is 1. The Bertz CT molecular complexity index is 194. The van der Waals surface area contributed by atoms with E-state index >= 15 is 0 Å². The van der Waals surface area contributed by atoms with Crippen LogP contribution in [0.5, 0.6) is 0 Å². The van der Waals surface area contributed by atoms with Gasteiger partial charge in [-0.25, -0.2) is 0 Å². The molecule has 0 aromatic rings. The highest BCUT2D eigenvalue weighted by atomic mass is 19.4. The van der Waals surface area contributed by atoms with Crippen molar-refractivity contribution in [3.05, 3.63) is 0 Å². The van der Waals surface area contributed by atoms with E-state index in [1.807, 2.05) is 0 Å². The molecule has 14 heavy (non-hydrogen) atoms. The van der Waals surface area contributed by atoms with Crippen LogP contribution in [-0.2, 0) is 4.79 Å². The second-order valence-corrected chi connectivity index (χ2v) is 3.52. The monoisotopic (exact) mass is 213 g/mol. The number of halogens is 3. The maximum atomic E-state index is 11.8. The van der Waals surface area contributed by atoms with Gasteiger partial charge < -0.3 is 10.8 Å². The van der Waals surface area contributed by atoms with Crippen LogP contribution in [-0.4, -0.2) is 23.3 Å². The number of hydrogen-bond donors (Lipinski definition) is 2. The van der Waals surface area contributed by atoms with Crippen molar-refractivity contribution >= 4 is 5.97 Å². The van der Waals surface area contributed by atoms with E-state index in [2.05, 4.69) is 0 Å². The van der Waals surface area contributed by atoms with E-state index in [0.29, 0.717) is 0 Å². The summed E-state index contributed by atoms with van der Waals surface area (Å²) < 4.78 is 35.5. The van der Waals surface area contributed by atoms with Gasteiger partial charge in [0.15, 0.2) is 0 Å². The van der Waals surface area contributed by atoms with E-state index in [0.717, 1.165) is 0 Å². The summed E-state index contributed by atoms with van der Waals surface area (Å²) in [5.41, 5.74) is 5.22. The Balaban J connectivity index is 3.82. The van der Waals surface area contributed by atoms with Gasteiger partial charge in [0.1, 0.15) is 0 Å². The van der Waals surface area contributed by atoms with Crippen LogP contribution in [0.2, 0.25) is 0 Å². The maximum Gasteiger partial charge on any atom is 0.390 e. The number of carboxylic acids is 1. The molecular formula is C8H14F3NO2. The molecule has 3 nitrogen and oxygen atoms in total. The molecule has 0 aliphatic carbocycles. The van der Waals surface area contributed by atoms with Crippen molar-refractivity contribution in [3.63, 3.8) is 0 Å². The minimum atomic E-state index is -4.28. The summed E-state index contributed by atoms with van der Waals surface area (Å²) in [5.74, 6) is -1.35. The zero-order chi connectivity index (χ0) is 11.4. The first-order valence-electron chi connectivity index (χ1n) is 4.25. The molecule has 0 aliphatic heterocycles. The van der Waals surface area contributed by atoms with E-state index < -0.39 is 24.6 Å². The lowest BCUT2D eigenvalue weighted by Gasteiger charge is -2.17. The highest BCUT2D eigenvalue weighted by Gasteiger charge is 2.30. The van der Waals surface area contributed by atoms with E-state index in [9.17, 15) is 18.0 Å². The standard InChI is InChI=1S/C8H14F3NO2/c1-5(3-7(13)14)2-6(12)4-8(9,10)11/h5-6H,2-4,12H2,1H3,(H,13,14)/t5-,6-/m0/s1. The fraction of sp³-hybridized carbons (Fsp3) is 0.875. The van der Waals surface area contributed by atoms with Crippen molar-refractivity contribution in [1.82, 2.24) is 0 Å². The number of carbonyl (C=O) groups is 1. The molecule has 0 aromatic heterocycles. The molecule has 0 amide bonds. The Kier molecular flexibility index (Phi) is 4.90. The first-order chi connectivity index (χ1) is 6.20. The maximum absolute atomic E-state index is 11.8. The molecule has 0 unspecified atom stereocenters. The highest BCUT2D eigenvalue weighted by Crippen LogP contribution is 2.23. The van der Waals surface area contributed by atoms with Gasteiger partial charge in [0.2, 0.25) is 0 Å². The van der Waals surface area contributed by atoms with Crippen LogP contribution in [0.15, 0.2) is 0 Å². The van der Waals surface area contributed by atoms with Crippen molar-refractivity contribution in [1.29, 1.82) is 0 Å². The largest absolute Gasteiger partial charge is 0.481 e. The summed E-state index contributed by atoms with van der Waals surface area (Å²) in [6.07, 6.45) is -5.41. The molecule has 0 saturated heterocycles. The number of hydrogen-bond acceptors (Lipinski definition) is 2. The van der Waals surface area contributed by atoms with E-state index in [1.165, 1.54) is 0 Å². The van der Waals surface area contributed by atoms with Gasteiger partial charge in [-0.15, -0.1) is 0 Å². The van der Waals surface area contributed by atoms with Gasteiger partial charge in [-0.2, -0.15) is 13.2 Å². The normalized spacial score (nSPS) is 16.4. The van der Waals surface area contributed by atoms with Crippen LogP contribution in [0.1, 0.15) is 26.2 Å². The van der Waals surface area contributed by atoms with Crippen molar-refractivity contribution in [2.24, 2.45) is 11.7 Å². The summed E-state index contributed by atoms with van der Waals surface area (Å²) >= 11 is 0. The molecule has 0 rings (SSSR count). The molecule has 0 fully saturated rings. The summed E-state index contributed by atoms with van der Waals surface area (Å²) in [7, 11) is 0. The van der Waals surface area contributed by atoms with Gasteiger partial charge in [-0.05, 0) is 12.3 Å². The van der Waals surface area contributed by atoms with E-state index in [1.54, 1.807) is 6.92 Å². The molecule has 0 radical (unpaired) electrons. The number of rotatable bonds is 5. The zero-order valence-electron chi connectivity index (χ0n) is 7.84. The Hall–Kier alpha value is -0.780. The van der Waals surface area contributed by atoms with Crippen LogP contribution < -0.4 is 5.73 Å². The summed E-state index contributed by atoms with van der Waals surface area (Å²) in [5, 5.41) is 8.37. The number of nitrogens with two attached hydrogens (primary N) is 1. The topological polar surface area (TPSA) is 63.3 Å². The third-order valence-corrected chi connectivity index (χ3v) is 1.72. The molecule has 0 heterocycles. The number of alkyl halides is 3. The van der Waals surface area contributed by atoms with Crippen molar-refractivity contribution in [3.8, 4) is 0 Å². The Morgan fingerprint density at radius 1 is 1.50 bits per heavy atom. The fourth-order valence-electron chi connectivity index (χ4n) is 1.28. The smallest absolute Gasteiger partial charge is 0.390 e. The Morgan fingerprint density at radius 2 is 2.00 bits per heavy atom. The molecule has 0 aliphatic rings. The summed E-state index contributed by atoms with van der Waals surface area (Å²) in [6, 6.07) is -1.01. The third kappa shape index (κ3) is 7.85. The van der Waals surface area contributed by atoms with Gasteiger partial charge in [-0.3, -0.25) is 4.79 Å². The minimum Gasteiger partial charge on any atom is -0.481 e. The first-order valence-corrected chi connectivity index (χ1v) is 4.25. The van der Waals surface area contributed by atoms with Gasteiger partial charge in [0.25, 0.3) is 0 Å². The highest BCUT2D eigenvalue weighted by molar-refractivity contribution is 5.66. The van der Waals surface area contributed by atoms with Gasteiger partial charge in [0, 0.05) is 12.5 Å². The lowest BCUT2D eigenvalue weighted by molar-refractivity contribution is -0.139. The summed E-state index contributed by atoms with van der Waals surface area (Å²) in [4.78, 5) is 10.2. The van der Waals surface area contributed by atoms with Crippen LogP contribution in [0.25, 0.3) is 0 Å². The van der Waals surface area contributed by atoms with Crippen LogP contribution in [0, 0.1) is 5.92 Å². The van der Waals surface area contributed by atoms with Crippen LogP contribution in [0.3, 0.4) is 0 Å². The predicted octanol–water partition coefficient (Wildman–Crippen LogP) is 1.77. The first kappa shape index (κ1) is 13.2. The molecule has 3 N–H and O–H groups in total. The fourth-order valence-corrected chi connectivity index (χ4v) is 1.28. The molecule has 84 valence electrons. The molecule has 6 heteroatoms. The molecule has 0 saturated carbocycles. The van der Waals surface area contributed by atoms with Gasteiger partial charge in [-0.1, -0.05) is 6.92 Å². The summed E-state index contributed by atoms with van der Waals surface area (Å²) in [6.45, 7) is 1.57. The van der Waals surface area contributed by atoms with Crippen molar-refractivity contribution < 1.29 is 23.1 Å². The number of carboxylic acid groups (broad SMARTS) is 1. The van der Waals surface area contributed by atoms with Gasteiger partial charge >= 0.3 is 12.1 Å². The quantitative estimate of drug-likeness (QED) is 0.731. The minimum absolute atomic E-state index is 0.0752. The predicted molar refractivity (Wildman–Crippen MR) is 44.7 cm³/mol. The lowest BCUT2D eigenvalue weighted by Crippen LogP contribution is -2.29. The molecular weight excluding hydrogens is 199 g/mol. The Morgan fingerprint density at radius 3 is 2.36 bits per heavy atom. The Labute approximate surface area is 80.1 Å². The van der Waals surface area contributed by atoms with E-state index in [4.69, 9.17) is 10.8 Å². The zero-order valence-corrected chi connectivity index (χ0v) is 7.84. The average molecular weight is 213 g/mol. The van der Waals surface area contributed by atoms with Crippen molar-refractivity contribution in [2.75, 3.05) is 0 Å². The molecule has 0 aromatic carbocycles. The lowest BCUT2D eigenvalue weighted by atomic mass is 9.97. The molecule has 0 bridgehead atoms. The van der Waals surface area contributed by atoms with Crippen molar-refractivity contribution in [2.45, 2.75) is 38.4 Å². The second kappa shape index (κ2) is 5.19. The van der Waals surface area contributed by atoms with Crippen LogP contribution >= 0.6 is 0 Å². The third-order valence-electron chi connectivity index (χ3n) is 1.72. The SMILES string of the molecule is C[C@H](CC(=O)O)C[C@H](N)CC(F)(F)F. The second-order valence-electron chi connectivity index (χ2n) is 3.52. The molecule has 0 spiro atoms. The van der Waals surface area contributed by atoms with E-state index in [-0.39, 0.29) is 18.8 Å². The average Bonchev–Trinajstić information content (AvgIpc) is 1.77.